The molecule has 1 aromatic carbocycles. The zero-order valence-corrected chi connectivity index (χ0v) is 13.4. The quantitative estimate of drug-likeness (QED) is 0.940. The second-order valence-corrected chi connectivity index (χ2v) is 6.33. The SMILES string of the molecule is CC1Cc2ccccc2N1c1cc(NCC2CCCO2)ncn1. The molecule has 1 fully saturated rings. The predicted octanol–water partition coefficient (Wildman–Crippen LogP) is 3.15. The van der Waals surface area contributed by atoms with Crippen LogP contribution in [-0.2, 0) is 11.2 Å². The van der Waals surface area contributed by atoms with E-state index < -0.39 is 0 Å². The maximum absolute atomic E-state index is 5.65. The first-order chi connectivity index (χ1) is 11.3. The summed E-state index contributed by atoms with van der Waals surface area (Å²) in [6, 6.07) is 11.0. The Morgan fingerprint density at radius 1 is 1.30 bits per heavy atom. The van der Waals surface area contributed by atoms with Crippen LogP contribution in [0.15, 0.2) is 36.7 Å². The Hall–Kier alpha value is -2.14. The Labute approximate surface area is 136 Å². The zero-order chi connectivity index (χ0) is 15.6. The number of hydrogen-bond acceptors (Lipinski definition) is 5. The van der Waals surface area contributed by atoms with Crippen molar-refractivity contribution in [2.45, 2.75) is 38.3 Å². The van der Waals surface area contributed by atoms with Crippen LogP contribution < -0.4 is 10.2 Å². The van der Waals surface area contributed by atoms with Crippen LogP contribution in [0.2, 0.25) is 0 Å². The van der Waals surface area contributed by atoms with E-state index in [1.165, 1.54) is 11.3 Å². The first-order valence-corrected chi connectivity index (χ1v) is 8.36. The normalized spacial score (nSPS) is 23.1. The molecule has 0 saturated carbocycles. The lowest BCUT2D eigenvalue weighted by Gasteiger charge is -2.24. The minimum Gasteiger partial charge on any atom is -0.376 e. The van der Waals surface area contributed by atoms with Gasteiger partial charge in [-0.3, -0.25) is 0 Å². The molecule has 2 atom stereocenters. The molecule has 3 heterocycles. The van der Waals surface area contributed by atoms with Crippen molar-refractivity contribution in [1.82, 2.24) is 9.97 Å². The van der Waals surface area contributed by atoms with Crippen molar-refractivity contribution in [3.63, 3.8) is 0 Å². The molecule has 120 valence electrons. The van der Waals surface area contributed by atoms with Gasteiger partial charge < -0.3 is 15.0 Å². The van der Waals surface area contributed by atoms with Crippen LogP contribution in [0, 0.1) is 0 Å². The Kier molecular flexibility index (Phi) is 3.87. The molecule has 2 aliphatic heterocycles. The fraction of sp³-hybridized carbons (Fsp3) is 0.444. The average Bonchev–Trinajstić information content (AvgIpc) is 3.19. The van der Waals surface area contributed by atoms with E-state index in [4.69, 9.17) is 4.74 Å². The van der Waals surface area contributed by atoms with Gasteiger partial charge in [0.25, 0.3) is 0 Å². The maximum Gasteiger partial charge on any atom is 0.138 e. The van der Waals surface area contributed by atoms with Crippen LogP contribution in [0.1, 0.15) is 25.3 Å². The van der Waals surface area contributed by atoms with Crippen molar-refractivity contribution >= 4 is 17.3 Å². The van der Waals surface area contributed by atoms with Gasteiger partial charge in [0.1, 0.15) is 18.0 Å². The molecule has 0 aliphatic carbocycles. The minimum atomic E-state index is 0.305. The standard InChI is InChI=1S/C18H22N4O/c1-13-9-14-5-2-3-7-16(14)22(13)18-10-17(20-12-21-18)19-11-15-6-4-8-23-15/h2-3,5,7,10,12-13,15H,4,6,8-9,11H2,1H3,(H,19,20,21). The van der Waals surface area contributed by atoms with Gasteiger partial charge in [0.05, 0.1) is 6.10 Å². The zero-order valence-electron chi connectivity index (χ0n) is 13.4. The number of anilines is 3. The van der Waals surface area contributed by atoms with Crippen molar-refractivity contribution in [3.8, 4) is 0 Å². The molecule has 1 saturated heterocycles. The monoisotopic (exact) mass is 310 g/mol. The minimum absolute atomic E-state index is 0.305. The summed E-state index contributed by atoms with van der Waals surface area (Å²) in [5.41, 5.74) is 2.64. The largest absolute Gasteiger partial charge is 0.376 e. The van der Waals surface area contributed by atoms with Gasteiger partial charge >= 0.3 is 0 Å². The third kappa shape index (κ3) is 2.88. The lowest BCUT2D eigenvalue weighted by atomic mass is 10.1. The molecule has 4 rings (SSSR count). The second-order valence-electron chi connectivity index (χ2n) is 6.33. The van der Waals surface area contributed by atoms with Crippen LogP contribution in [0.3, 0.4) is 0 Å². The van der Waals surface area contributed by atoms with Gasteiger partial charge in [0, 0.05) is 30.9 Å². The summed E-state index contributed by atoms with van der Waals surface area (Å²) in [5.74, 6) is 1.81. The molecular formula is C18H22N4O. The van der Waals surface area contributed by atoms with Crippen LogP contribution in [0.25, 0.3) is 0 Å². The van der Waals surface area contributed by atoms with Gasteiger partial charge in [-0.05, 0) is 37.8 Å². The molecule has 2 aromatic rings. The molecule has 2 unspecified atom stereocenters. The Balaban J connectivity index is 1.54. The summed E-state index contributed by atoms with van der Waals surface area (Å²) in [4.78, 5) is 11.1. The van der Waals surface area contributed by atoms with Gasteiger partial charge in [0.15, 0.2) is 0 Å². The van der Waals surface area contributed by atoms with Crippen LogP contribution in [-0.4, -0.2) is 35.3 Å². The molecule has 2 aliphatic rings. The highest BCUT2D eigenvalue weighted by atomic mass is 16.5. The van der Waals surface area contributed by atoms with Crippen molar-refractivity contribution in [3.05, 3.63) is 42.2 Å². The van der Waals surface area contributed by atoms with Crippen LogP contribution >= 0.6 is 0 Å². The number of ether oxygens (including phenoxy) is 1. The van der Waals surface area contributed by atoms with Crippen LogP contribution in [0.4, 0.5) is 17.3 Å². The number of benzene rings is 1. The maximum atomic E-state index is 5.65. The van der Waals surface area contributed by atoms with Gasteiger partial charge in [-0.15, -0.1) is 0 Å². The summed E-state index contributed by atoms with van der Waals surface area (Å²) < 4.78 is 5.65. The molecular weight excluding hydrogens is 288 g/mol. The molecule has 0 bridgehead atoms. The Morgan fingerprint density at radius 2 is 2.22 bits per heavy atom. The number of hydrogen-bond donors (Lipinski definition) is 1. The van der Waals surface area contributed by atoms with Crippen LogP contribution in [0.5, 0.6) is 0 Å². The fourth-order valence-electron chi connectivity index (χ4n) is 3.51. The van der Waals surface area contributed by atoms with Crippen molar-refractivity contribution in [2.24, 2.45) is 0 Å². The third-order valence-corrected chi connectivity index (χ3v) is 4.64. The highest BCUT2D eigenvalue weighted by Gasteiger charge is 2.27. The number of aromatic nitrogens is 2. The Morgan fingerprint density at radius 3 is 3.09 bits per heavy atom. The van der Waals surface area contributed by atoms with E-state index in [0.717, 1.165) is 44.0 Å². The van der Waals surface area contributed by atoms with Crippen molar-refractivity contribution < 1.29 is 4.74 Å². The molecule has 1 N–H and O–H groups in total. The van der Waals surface area contributed by atoms with E-state index in [1.54, 1.807) is 6.33 Å². The van der Waals surface area contributed by atoms with E-state index in [-0.39, 0.29) is 0 Å². The molecule has 0 spiro atoms. The Bertz CT molecular complexity index is 684. The molecule has 0 radical (unpaired) electrons. The summed E-state index contributed by atoms with van der Waals surface area (Å²) in [6.45, 7) is 3.92. The second kappa shape index (κ2) is 6.16. The topological polar surface area (TPSA) is 50.3 Å². The lowest BCUT2D eigenvalue weighted by molar-refractivity contribution is 0.120. The van der Waals surface area contributed by atoms with E-state index in [9.17, 15) is 0 Å². The molecule has 5 nitrogen and oxygen atoms in total. The molecule has 23 heavy (non-hydrogen) atoms. The molecule has 1 aromatic heterocycles. The lowest BCUT2D eigenvalue weighted by Crippen LogP contribution is -2.25. The fourth-order valence-corrected chi connectivity index (χ4v) is 3.51. The summed E-state index contributed by atoms with van der Waals surface area (Å²) >= 11 is 0. The van der Waals surface area contributed by atoms with Crippen molar-refractivity contribution in [2.75, 3.05) is 23.4 Å². The average molecular weight is 310 g/mol. The van der Waals surface area contributed by atoms with Gasteiger partial charge in [0.2, 0.25) is 0 Å². The highest BCUT2D eigenvalue weighted by molar-refractivity contribution is 5.69. The van der Waals surface area contributed by atoms with E-state index in [0.29, 0.717) is 12.1 Å². The van der Waals surface area contributed by atoms with Crippen molar-refractivity contribution in [1.29, 1.82) is 0 Å². The van der Waals surface area contributed by atoms with E-state index >= 15 is 0 Å². The van der Waals surface area contributed by atoms with Gasteiger partial charge in [-0.1, -0.05) is 18.2 Å². The smallest absolute Gasteiger partial charge is 0.138 e. The number of nitrogens with zero attached hydrogens (tertiary/aromatic N) is 3. The van der Waals surface area contributed by atoms with E-state index in [2.05, 4.69) is 51.4 Å². The number of fused-ring (bicyclic) bond motifs is 1. The summed E-state index contributed by atoms with van der Waals surface area (Å²) in [6.07, 6.45) is 5.28. The first-order valence-electron chi connectivity index (χ1n) is 8.36. The van der Waals surface area contributed by atoms with Gasteiger partial charge in [-0.2, -0.15) is 0 Å². The number of nitrogens with one attached hydrogen (secondary N) is 1. The number of para-hydroxylation sites is 1. The third-order valence-electron chi connectivity index (χ3n) is 4.64. The summed E-state index contributed by atoms with van der Waals surface area (Å²) in [7, 11) is 0. The summed E-state index contributed by atoms with van der Waals surface area (Å²) in [5, 5.41) is 3.39. The first kappa shape index (κ1) is 14.5. The predicted molar refractivity (Wildman–Crippen MR) is 91.2 cm³/mol. The highest BCUT2D eigenvalue weighted by Crippen LogP contribution is 2.37. The molecule has 5 heteroatoms. The van der Waals surface area contributed by atoms with Gasteiger partial charge in [-0.25, -0.2) is 9.97 Å². The molecule has 0 amide bonds. The number of rotatable bonds is 4. The van der Waals surface area contributed by atoms with E-state index in [1.807, 2.05) is 6.07 Å².